The first-order valence-corrected chi connectivity index (χ1v) is 4.98. The maximum absolute atomic E-state index is 11.7. The molecule has 0 amide bonds. The minimum Gasteiger partial charge on any atom is -0.467 e. The lowest BCUT2D eigenvalue weighted by Gasteiger charge is -2.31. The normalized spacial score (nSPS) is 24.7. The van der Waals surface area contributed by atoms with Gasteiger partial charge in [0.25, 0.3) is 0 Å². The van der Waals surface area contributed by atoms with E-state index in [0.29, 0.717) is 6.42 Å². The van der Waals surface area contributed by atoms with Crippen molar-refractivity contribution in [2.45, 2.75) is 24.8 Å². The van der Waals surface area contributed by atoms with Gasteiger partial charge in [0.1, 0.15) is 0 Å². The predicted molar refractivity (Wildman–Crippen MR) is 54.0 cm³/mol. The SMILES string of the molecule is COC(=O)C1(N)CCCc2cnn(C)c21. The van der Waals surface area contributed by atoms with Crippen LogP contribution in [0.25, 0.3) is 0 Å². The van der Waals surface area contributed by atoms with E-state index in [1.165, 1.54) is 7.11 Å². The van der Waals surface area contributed by atoms with E-state index in [-0.39, 0.29) is 5.97 Å². The summed E-state index contributed by atoms with van der Waals surface area (Å²) in [6.45, 7) is 0. The van der Waals surface area contributed by atoms with Crippen molar-refractivity contribution in [2.75, 3.05) is 7.11 Å². The highest BCUT2D eigenvalue weighted by molar-refractivity contribution is 5.82. The number of nitrogens with zero attached hydrogens (tertiary/aromatic N) is 2. The van der Waals surface area contributed by atoms with Crippen molar-refractivity contribution in [3.63, 3.8) is 0 Å². The smallest absolute Gasteiger partial charge is 0.332 e. The first kappa shape index (κ1) is 10.2. The minimum atomic E-state index is -1.02. The van der Waals surface area contributed by atoms with Gasteiger partial charge in [0, 0.05) is 7.05 Å². The Balaban J connectivity index is 2.53. The third kappa shape index (κ3) is 1.34. The summed E-state index contributed by atoms with van der Waals surface area (Å²) < 4.78 is 6.44. The molecule has 1 aliphatic carbocycles. The Bertz CT molecular complexity index is 399. The molecule has 0 fully saturated rings. The fourth-order valence-corrected chi connectivity index (χ4v) is 2.30. The Kier molecular flexibility index (Phi) is 2.26. The Labute approximate surface area is 88.2 Å². The monoisotopic (exact) mass is 209 g/mol. The van der Waals surface area contributed by atoms with Crippen LogP contribution in [0.4, 0.5) is 0 Å². The van der Waals surface area contributed by atoms with Gasteiger partial charge < -0.3 is 10.5 Å². The van der Waals surface area contributed by atoms with Crippen molar-refractivity contribution in [1.29, 1.82) is 0 Å². The maximum atomic E-state index is 11.7. The second-order valence-electron chi connectivity index (χ2n) is 3.96. The summed E-state index contributed by atoms with van der Waals surface area (Å²) >= 11 is 0. The van der Waals surface area contributed by atoms with Crippen LogP contribution in [-0.2, 0) is 28.5 Å². The van der Waals surface area contributed by atoms with Crippen LogP contribution in [0.1, 0.15) is 24.1 Å². The van der Waals surface area contributed by atoms with Gasteiger partial charge in [0.15, 0.2) is 5.54 Å². The van der Waals surface area contributed by atoms with Crippen LogP contribution in [0.15, 0.2) is 6.20 Å². The molecule has 2 N–H and O–H groups in total. The van der Waals surface area contributed by atoms with Gasteiger partial charge in [-0.25, -0.2) is 4.79 Å². The third-order valence-electron chi connectivity index (χ3n) is 3.00. The zero-order valence-electron chi connectivity index (χ0n) is 8.99. The molecule has 1 unspecified atom stereocenters. The number of hydrogen-bond acceptors (Lipinski definition) is 4. The van der Waals surface area contributed by atoms with E-state index in [4.69, 9.17) is 10.5 Å². The van der Waals surface area contributed by atoms with E-state index in [1.807, 2.05) is 0 Å². The summed E-state index contributed by atoms with van der Waals surface area (Å²) in [4.78, 5) is 11.7. The molecule has 82 valence electrons. The van der Waals surface area contributed by atoms with Gasteiger partial charge in [0.2, 0.25) is 0 Å². The number of aromatic nitrogens is 2. The lowest BCUT2D eigenvalue weighted by molar-refractivity contribution is -0.148. The average molecular weight is 209 g/mol. The molecule has 1 atom stereocenters. The van der Waals surface area contributed by atoms with Crippen molar-refractivity contribution < 1.29 is 9.53 Å². The number of esters is 1. The molecule has 5 heteroatoms. The van der Waals surface area contributed by atoms with Crippen LogP contribution >= 0.6 is 0 Å². The number of aryl methyl sites for hydroxylation is 2. The van der Waals surface area contributed by atoms with Crippen molar-refractivity contribution in [2.24, 2.45) is 12.8 Å². The minimum absolute atomic E-state index is 0.382. The van der Waals surface area contributed by atoms with Crippen LogP contribution in [0.3, 0.4) is 0 Å². The molecule has 1 heterocycles. The van der Waals surface area contributed by atoms with Crippen LogP contribution in [0.2, 0.25) is 0 Å². The Morgan fingerprint density at radius 3 is 3.13 bits per heavy atom. The number of hydrogen-bond donors (Lipinski definition) is 1. The number of rotatable bonds is 1. The quantitative estimate of drug-likeness (QED) is 0.665. The molecule has 2 rings (SSSR count). The van der Waals surface area contributed by atoms with Crippen LogP contribution in [0, 0.1) is 0 Å². The van der Waals surface area contributed by atoms with E-state index >= 15 is 0 Å². The Morgan fingerprint density at radius 2 is 2.47 bits per heavy atom. The van der Waals surface area contributed by atoms with E-state index in [0.717, 1.165) is 24.1 Å². The summed E-state index contributed by atoms with van der Waals surface area (Å²) in [5.41, 5.74) is 6.96. The number of nitrogens with two attached hydrogens (primary N) is 1. The highest BCUT2D eigenvalue weighted by atomic mass is 16.5. The number of carbonyl (C=O) groups excluding carboxylic acids is 1. The number of fused-ring (bicyclic) bond motifs is 1. The van der Waals surface area contributed by atoms with Gasteiger partial charge in [-0.1, -0.05) is 0 Å². The van der Waals surface area contributed by atoms with Gasteiger partial charge in [-0.3, -0.25) is 4.68 Å². The van der Waals surface area contributed by atoms with Gasteiger partial charge in [0.05, 0.1) is 19.0 Å². The molecule has 1 aromatic heterocycles. The molecular weight excluding hydrogens is 194 g/mol. The van der Waals surface area contributed by atoms with Crippen molar-refractivity contribution in [3.8, 4) is 0 Å². The largest absolute Gasteiger partial charge is 0.467 e. The summed E-state index contributed by atoms with van der Waals surface area (Å²) in [6.07, 6.45) is 4.22. The molecule has 0 saturated carbocycles. The molecule has 0 saturated heterocycles. The van der Waals surface area contributed by atoms with Crippen molar-refractivity contribution >= 4 is 5.97 Å². The van der Waals surface area contributed by atoms with Crippen LogP contribution < -0.4 is 5.73 Å². The van der Waals surface area contributed by atoms with E-state index < -0.39 is 5.54 Å². The number of methoxy groups -OCH3 is 1. The molecule has 0 aromatic carbocycles. The topological polar surface area (TPSA) is 70.1 Å². The molecule has 0 spiro atoms. The lowest BCUT2D eigenvalue weighted by Crippen LogP contribution is -2.49. The first-order chi connectivity index (χ1) is 7.09. The Morgan fingerprint density at radius 1 is 1.73 bits per heavy atom. The fourth-order valence-electron chi connectivity index (χ4n) is 2.30. The molecule has 5 nitrogen and oxygen atoms in total. The second kappa shape index (κ2) is 3.34. The molecule has 1 aromatic rings. The summed E-state index contributed by atoms with van der Waals surface area (Å²) in [6, 6.07) is 0. The zero-order valence-corrected chi connectivity index (χ0v) is 8.99. The average Bonchev–Trinajstić information content (AvgIpc) is 2.61. The summed E-state index contributed by atoms with van der Waals surface area (Å²) in [5.74, 6) is -0.382. The number of ether oxygens (including phenoxy) is 1. The number of carbonyl (C=O) groups is 1. The van der Waals surface area contributed by atoms with Crippen LogP contribution in [-0.4, -0.2) is 22.9 Å². The summed E-state index contributed by atoms with van der Waals surface area (Å²) in [5, 5.41) is 4.14. The second-order valence-corrected chi connectivity index (χ2v) is 3.96. The first-order valence-electron chi connectivity index (χ1n) is 4.98. The lowest BCUT2D eigenvalue weighted by atomic mass is 9.81. The predicted octanol–water partition coefficient (Wildman–Crippen LogP) is 0.0834. The third-order valence-corrected chi connectivity index (χ3v) is 3.00. The van der Waals surface area contributed by atoms with Crippen molar-refractivity contribution in [3.05, 3.63) is 17.5 Å². The van der Waals surface area contributed by atoms with E-state index in [9.17, 15) is 4.79 Å². The molecule has 0 aliphatic heterocycles. The molecule has 0 radical (unpaired) electrons. The Hall–Kier alpha value is -1.36. The van der Waals surface area contributed by atoms with Crippen molar-refractivity contribution in [1.82, 2.24) is 9.78 Å². The van der Waals surface area contributed by atoms with Gasteiger partial charge >= 0.3 is 5.97 Å². The fraction of sp³-hybridized carbons (Fsp3) is 0.600. The molecule has 1 aliphatic rings. The standard InChI is InChI=1S/C10H15N3O2/c1-13-8-7(6-12-13)4-3-5-10(8,11)9(14)15-2/h6H,3-5,11H2,1-2H3. The molecular formula is C10H15N3O2. The molecule has 0 bridgehead atoms. The van der Waals surface area contributed by atoms with Gasteiger partial charge in [-0.2, -0.15) is 5.10 Å². The maximum Gasteiger partial charge on any atom is 0.332 e. The van der Waals surface area contributed by atoms with E-state index in [2.05, 4.69) is 5.10 Å². The highest BCUT2D eigenvalue weighted by Gasteiger charge is 2.43. The summed E-state index contributed by atoms with van der Waals surface area (Å²) in [7, 11) is 3.16. The zero-order chi connectivity index (χ0) is 11.1. The molecule has 15 heavy (non-hydrogen) atoms. The highest BCUT2D eigenvalue weighted by Crippen LogP contribution is 2.33. The van der Waals surface area contributed by atoms with Gasteiger partial charge in [-0.15, -0.1) is 0 Å². The van der Waals surface area contributed by atoms with E-state index in [1.54, 1.807) is 17.9 Å². The van der Waals surface area contributed by atoms with Crippen LogP contribution in [0.5, 0.6) is 0 Å². The van der Waals surface area contributed by atoms with Gasteiger partial charge in [-0.05, 0) is 24.8 Å².